The zero-order valence-electron chi connectivity index (χ0n) is 8.33. The van der Waals surface area contributed by atoms with Crippen LogP contribution in [-0.4, -0.2) is 16.1 Å². The van der Waals surface area contributed by atoms with E-state index in [4.69, 9.17) is 5.73 Å². The van der Waals surface area contributed by atoms with Gasteiger partial charge in [-0.15, -0.1) is 0 Å². The second kappa shape index (κ2) is 3.14. The average molecular weight is 179 g/mol. The summed E-state index contributed by atoms with van der Waals surface area (Å²) in [4.78, 5) is 4.31. The lowest BCUT2D eigenvalue weighted by atomic mass is 9.72. The number of aromatic nitrogens is 2. The molecule has 0 saturated heterocycles. The second-order valence-corrected chi connectivity index (χ2v) is 3.97. The van der Waals surface area contributed by atoms with Crippen molar-refractivity contribution < 1.29 is 0 Å². The summed E-state index contributed by atoms with van der Waals surface area (Å²) in [5.41, 5.74) is 7.05. The van der Waals surface area contributed by atoms with Gasteiger partial charge in [0.25, 0.3) is 0 Å². The van der Waals surface area contributed by atoms with Gasteiger partial charge < -0.3 is 10.3 Å². The third-order valence-corrected chi connectivity index (χ3v) is 3.36. The molecule has 0 bridgehead atoms. The predicted molar refractivity (Wildman–Crippen MR) is 52.5 cm³/mol. The van der Waals surface area contributed by atoms with Crippen LogP contribution in [0.5, 0.6) is 0 Å². The van der Waals surface area contributed by atoms with Gasteiger partial charge in [0.15, 0.2) is 0 Å². The zero-order chi connectivity index (χ0) is 9.42. The summed E-state index contributed by atoms with van der Waals surface area (Å²) in [5, 5.41) is 0. The van der Waals surface area contributed by atoms with Crippen molar-refractivity contribution in [2.75, 3.05) is 6.54 Å². The average Bonchev–Trinajstić information content (AvgIpc) is 2.35. The molecule has 0 amide bonds. The molecule has 2 atom stereocenters. The summed E-state index contributed by atoms with van der Waals surface area (Å²) in [6, 6.07) is 0. The van der Waals surface area contributed by atoms with E-state index in [1.54, 1.807) is 0 Å². The van der Waals surface area contributed by atoms with Crippen LogP contribution in [0.4, 0.5) is 0 Å². The summed E-state index contributed by atoms with van der Waals surface area (Å²) < 4.78 is 2.19. The maximum Gasteiger partial charge on any atom is 0.105 e. The summed E-state index contributed by atoms with van der Waals surface area (Å²) >= 11 is 0. The van der Waals surface area contributed by atoms with Crippen LogP contribution in [0.3, 0.4) is 0 Å². The van der Waals surface area contributed by atoms with Gasteiger partial charge in [-0.3, -0.25) is 0 Å². The van der Waals surface area contributed by atoms with Gasteiger partial charge in [-0.2, -0.15) is 0 Å². The van der Waals surface area contributed by atoms with Gasteiger partial charge in [-0.1, -0.05) is 0 Å². The monoisotopic (exact) mass is 179 g/mol. The molecule has 13 heavy (non-hydrogen) atoms. The highest BCUT2D eigenvalue weighted by Crippen LogP contribution is 2.41. The molecule has 2 rings (SSSR count). The minimum Gasteiger partial charge on any atom is -0.335 e. The molecule has 0 radical (unpaired) electrons. The Morgan fingerprint density at radius 2 is 2.38 bits per heavy atom. The Hall–Kier alpha value is -0.830. The summed E-state index contributed by atoms with van der Waals surface area (Å²) in [7, 11) is 2.09. The first-order valence-corrected chi connectivity index (χ1v) is 4.92. The number of hydrogen-bond donors (Lipinski definition) is 1. The number of hydrogen-bond acceptors (Lipinski definition) is 2. The number of imidazole rings is 1. The quantitative estimate of drug-likeness (QED) is 0.741. The first-order chi connectivity index (χ1) is 6.24. The fraction of sp³-hybridized carbons (Fsp3) is 0.700. The van der Waals surface area contributed by atoms with Crippen LogP contribution < -0.4 is 5.73 Å². The fourth-order valence-corrected chi connectivity index (χ4v) is 2.10. The summed E-state index contributed by atoms with van der Waals surface area (Å²) in [5.74, 6) is 2.45. The van der Waals surface area contributed by atoms with E-state index < -0.39 is 0 Å². The normalized spacial score (nSPS) is 27.3. The first-order valence-electron chi connectivity index (χ1n) is 4.92. The minimum atomic E-state index is 0.663. The molecule has 2 unspecified atom stereocenters. The molecule has 1 fully saturated rings. The van der Waals surface area contributed by atoms with Crippen molar-refractivity contribution in [3.63, 3.8) is 0 Å². The van der Waals surface area contributed by atoms with Crippen LogP contribution in [0.1, 0.15) is 30.3 Å². The number of rotatable bonds is 2. The third kappa shape index (κ3) is 1.27. The molecule has 0 aromatic carbocycles. The van der Waals surface area contributed by atoms with E-state index in [2.05, 4.69) is 16.6 Å². The molecule has 1 aromatic rings. The summed E-state index contributed by atoms with van der Waals surface area (Å²) in [6.07, 6.45) is 4.56. The van der Waals surface area contributed by atoms with Gasteiger partial charge in [-0.05, 0) is 32.2 Å². The van der Waals surface area contributed by atoms with Crippen LogP contribution in [0.25, 0.3) is 0 Å². The Labute approximate surface area is 79.0 Å². The van der Waals surface area contributed by atoms with E-state index in [-0.39, 0.29) is 0 Å². The highest BCUT2D eigenvalue weighted by atomic mass is 15.1. The van der Waals surface area contributed by atoms with E-state index in [1.165, 1.54) is 18.5 Å². The molecule has 72 valence electrons. The lowest BCUT2D eigenvalue weighted by molar-refractivity contribution is 0.254. The number of nitrogens with two attached hydrogens (primary N) is 1. The molecule has 0 spiro atoms. The number of nitrogens with zero attached hydrogens (tertiary/aromatic N) is 2. The SMILES string of the molecule is Cc1ncc(C2CCC2CN)n1C. The fourth-order valence-electron chi connectivity index (χ4n) is 2.10. The molecule has 3 nitrogen and oxygen atoms in total. The van der Waals surface area contributed by atoms with Crippen molar-refractivity contribution in [2.24, 2.45) is 18.7 Å². The van der Waals surface area contributed by atoms with E-state index in [0.29, 0.717) is 11.8 Å². The Balaban J connectivity index is 2.21. The molecule has 1 heterocycles. The van der Waals surface area contributed by atoms with Crippen molar-refractivity contribution in [1.29, 1.82) is 0 Å². The van der Waals surface area contributed by atoms with Gasteiger partial charge in [0.05, 0.1) is 0 Å². The lowest BCUT2D eigenvalue weighted by Gasteiger charge is -2.35. The molecular formula is C10H17N3. The van der Waals surface area contributed by atoms with Crippen LogP contribution >= 0.6 is 0 Å². The largest absolute Gasteiger partial charge is 0.335 e. The predicted octanol–water partition coefficient (Wildman–Crippen LogP) is 1.18. The van der Waals surface area contributed by atoms with Gasteiger partial charge in [-0.25, -0.2) is 4.98 Å². The van der Waals surface area contributed by atoms with E-state index >= 15 is 0 Å². The van der Waals surface area contributed by atoms with Crippen molar-refractivity contribution >= 4 is 0 Å². The Bertz CT molecular complexity index is 301. The van der Waals surface area contributed by atoms with Gasteiger partial charge in [0.2, 0.25) is 0 Å². The minimum absolute atomic E-state index is 0.663. The Kier molecular flexibility index (Phi) is 2.12. The van der Waals surface area contributed by atoms with Crippen LogP contribution in [0, 0.1) is 12.8 Å². The molecule has 3 heteroatoms. The smallest absolute Gasteiger partial charge is 0.105 e. The highest BCUT2D eigenvalue weighted by molar-refractivity contribution is 5.14. The van der Waals surface area contributed by atoms with Crippen molar-refractivity contribution in [1.82, 2.24) is 9.55 Å². The van der Waals surface area contributed by atoms with Crippen molar-refractivity contribution in [3.05, 3.63) is 17.7 Å². The number of aryl methyl sites for hydroxylation is 1. The topological polar surface area (TPSA) is 43.8 Å². The first kappa shape index (κ1) is 8.75. The highest BCUT2D eigenvalue weighted by Gasteiger charge is 2.32. The van der Waals surface area contributed by atoms with Crippen LogP contribution in [-0.2, 0) is 7.05 Å². The standard InChI is InChI=1S/C10H17N3/c1-7-12-6-10(13(7)2)9-4-3-8(9)5-11/h6,8-9H,3-5,11H2,1-2H3. The third-order valence-electron chi connectivity index (χ3n) is 3.36. The molecule has 1 aliphatic rings. The molecule has 1 aliphatic carbocycles. The van der Waals surface area contributed by atoms with E-state index in [0.717, 1.165) is 12.4 Å². The maximum atomic E-state index is 5.69. The molecular weight excluding hydrogens is 162 g/mol. The van der Waals surface area contributed by atoms with Crippen LogP contribution in [0.15, 0.2) is 6.20 Å². The summed E-state index contributed by atoms with van der Waals surface area (Å²) in [6.45, 7) is 2.86. The van der Waals surface area contributed by atoms with Crippen molar-refractivity contribution in [3.8, 4) is 0 Å². The van der Waals surface area contributed by atoms with Gasteiger partial charge in [0.1, 0.15) is 5.82 Å². The van der Waals surface area contributed by atoms with Crippen LogP contribution in [0.2, 0.25) is 0 Å². The molecule has 2 N–H and O–H groups in total. The van der Waals surface area contributed by atoms with Gasteiger partial charge in [0, 0.05) is 24.9 Å². The Morgan fingerprint density at radius 3 is 2.77 bits per heavy atom. The van der Waals surface area contributed by atoms with Gasteiger partial charge >= 0.3 is 0 Å². The molecule has 1 saturated carbocycles. The maximum absolute atomic E-state index is 5.69. The van der Waals surface area contributed by atoms with E-state index in [1.807, 2.05) is 13.1 Å². The lowest BCUT2D eigenvalue weighted by Crippen LogP contribution is -2.31. The van der Waals surface area contributed by atoms with Crippen molar-refractivity contribution in [2.45, 2.75) is 25.7 Å². The van der Waals surface area contributed by atoms with E-state index in [9.17, 15) is 0 Å². The molecule has 0 aliphatic heterocycles. The Morgan fingerprint density at radius 1 is 1.62 bits per heavy atom. The zero-order valence-corrected chi connectivity index (χ0v) is 8.33. The molecule has 1 aromatic heterocycles. The second-order valence-electron chi connectivity index (χ2n) is 3.97.